The fraction of sp³-hybridized carbons (Fsp3) is 0.920. The van der Waals surface area contributed by atoms with Crippen LogP contribution in [-0.2, 0) is 0 Å². The van der Waals surface area contributed by atoms with E-state index in [0.717, 1.165) is 17.8 Å². The van der Waals surface area contributed by atoms with Crippen molar-refractivity contribution in [1.29, 1.82) is 0 Å². The molecule has 0 N–H and O–H groups in total. The van der Waals surface area contributed by atoms with Crippen LogP contribution in [0.5, 0.6) is 0 Å². The highest BCUT2D eigenvalue weighted by atomic mass is 14.4. The standard InChI is InChI=1S/C25H48/c1-21(2)16-14-12-10-8-7-9-11-13-15-17-25(6)20-23(5)19-24(25)18-22(3)4/h18,21,23-24H,7-17,19-20H2,1-6H3. The molecule has 25 heavy (non-hydrogen) atoms. The Morgan fingerprint density at radius 1 is 0.920 bits per heavy atom. The minimum atomic E-state index is 0.576. The molecule has 0 spiro atoms. The van der Waals surface area contributed by atoms with Gasteiger partial charge in [-0.15, -0.1) is 0 Å². The van der Waals surface area contributed by atoms with Gasteiger partial charge in [0, 0.05) is 0 Å². The molecule has 3 atom stereocenters. The van der Waals surface area contributed by atoms with E-state index < -0.39 is 0 Å². The Labute approximate surface area is 160 Å². The van der Waals surface area contributed by atoms with Crippen molar-refractivity contribution in [3.8, 4) is 0 Å². The van der Waals surface area contributed by atoms with Gasteiger partial charge in [-0.05, 0) is 56.3 Å². The third-order valence-electron chi connectivity index (χ3n) is 6.43. The van der Waals surface area contributed by atoms with Gasteiger partial charge in [-0.2, -0.15) is 0 Å². The monoisotopic (exact) mass is 348 g/mol. The summed E-state index contributed by atoms with van der Waals surface area (Å²) in [6, 6.07) is 0. The summed E-state index contributed by atoms with van der Waals surface area (Å²) >= 11 is 0. The SMILES string of the molecule is CC(C)=CC1CC(C)CC1(C)CCCCCCCCCCCC(C)C. The van der Waals surface area contributed by atoms with E-state index >= 15 is 0 Å². The van der Waals surface area contributed by atoms with Gasteiger partial charge in [0.15, 0.2) is 0 Å². The van der Waals surface area contributed by atoms with Crippen LogP contribution in [0.1, 0.15) is 125 Å². The lowest BCUT2D eigenvalue weighted by Crippen LogP contribution is -2.20. The number of hydrogen-bond donors (Lipinski definition) is 0. The molecule has 0 aromatic carbocycles. The Morgan fingerprint density at radius 2 is 1.44 bits per heavy atom. The third kappa shape index (κ3) is 9.86. The van der Waals surface area contributed by atoms with Crippen LogP contribution in [-0.4, -0.2) is 0 Å². The van der Waals surface area contributed by atoms with Crippen LogP contribution in [0.25, 0.3) is 0 Å². The molecule has 0 heterocycles. The highest BCUT2D eigenvalue weighted by Crippen LogP contribution is 2.50. The maximum Gasteiger partial charge on any atom is -0.0174 e. The van der Waals surface area contributed by atoms with E-state index in [1.807, 2.05) is 0 Å². The molecule has 0 bridgehead atoms. The Hall–Kier alpha value is -0.260. The lowest BCUT2D eigenvalue weighted by Gasteiger charge is -2.30. The summed E-state index contributed by atoms with van der Waals surface area (Å²) < 4.78 is 0. The first-order valence-corrected chi connectivity index (χ1v) is 11.5. The van der Waals surface area contributed by atoms with Crippen molar-refractivity contribution in [2.24, 2.45) is 23.2 Å². The van der Waals surface area contributed by atoms with Crippen LogP contribution < -0.4 is 0 Å². The maximum absolute atomic E-state index is 2.57. The first kappa shape index (κ1) is 22.8. The second kappa shape index (κ2) is 12.2. The fourth-order valence-corrected chi connectivity index (χ4v) is 5.03. The Kier molecular flexibility index (Phi) is 11.1. The largest absolute Gasteiger partial charge is 0.0822 e. The number of allylic oxidation sites excluding steroid dienone is 2. The zero-order valence-electron chi connectivity index (χ0n) is 18.5. The number of hydrogen-bond acceptors (Lipinski definition) is 0. The molecule has 0 heteroatoms. The van der Waals surface area contributed by atoms with Crippen molar-refractivity contribution in [1.82, 2.24) is 0 Å². The van der Waals surface area contributed by atoms with Gasteiger partial charge in [0.05, 0.1) is 0 Å². The van der Waals surface area contributed by atoms with Crippen molar-refractivity contribution in [2.75, 3.05) is 0 Å². The molecule has 0 aliphatic heterocycles. The van der Waals surface area contributed by atoms with E-state index in [2.05, 4.69) is 47.6 Å². The minimum Gasteiger partial charge on any atom is -0.0822 e. The first-order valence-electron chi connectivity index (χ1n) is 11.5. The number of rotatable bonds is 13. The molecule has 0 saturated heterocycles. The van der Waals surface area contributed by atoms with Crippen LogP contribution in [0.3, 0.4) is 0 Å². The maximum atomic E-state index is 2.57. The van der Waals surface area contributed by atoms with E-state index in [0.29, 0.717) is 5.41 Å². The van der Waals surface area contributed by atoms with E-state index in [-0.39, 0.29) is 0 Å². The molecule has 1 rings (SSSR count). The zero-order chi connectivity index (χ0) is 18.7. The van der Waals surface area contributed by atoms with Gasteiger partial charge in [-0.25, -0.2) is 0 Å². The molecular weight excluding hydrogens is 300 g/mol. The molecule has 148 valence electrons. The van der Waals surface area contributed by atoms with Gasteiger partial charge in [0.1, 0.15) is 0 Å². The van der Waals surface area contributed by atoms with E-state index in [9.17, 15) is 0 Å². The summed E-state index contributed by atoms with van der Waals surface area (Å²) in [6.07, 6.45) is 21.4. The summed E-state index contributed by atoms with van der Waals surface area (Å²) in [5.74, 6) is 2.64. The molecule has 0 amide bonds. The van der Waals surface area contributed by atoms with Gasteiger partial charge in [-0.3, -0.25) is 0 Å². The van der Waals surface area contributed by atoms with Crippen molar-refractivity contribution >= 4 is 0 Å². The highest BCUT2D eigenvalue weighted by molar-refractivity contribution is 5.06. The van der Waals surface area contributed by atoms with E-state index in [4.69, 9.17) is 0 Å². The van der Waals surface area contributed by atoms with Crippen LogP contribution in [0.15, 0.2) is 11.6 Å². The fourth-order valence-electron chi connectivity index (χ4n) is 5.03. The third-order valence-corrected chi connectivity index (χ3v) is 6.43. The summed E-state index contributed by atoms with van der Waals surface area (Å²) in [7, 11) is 0. The van der Waals surface area contributed by atoms with Crippen LogP contribution >= 0.6 is 0 Å². The lowest BCUT2D eigenvalue weighted by atomic mass is 9.75. The van der Waals surface area contributed by atoms with Crippen LogP contribution in [0, 0.1) is 23.2 Å². The predicted octanol–water partition coefficient (Wildman–Crippen LogP) is 8.95. The van der Waals surface area contributed by atoms with Crippen molar-refractivity contribution in [3.63, 3.8) is 0 Å². The summed E-state index contributed by atoms with van der Waals surface area (Å²) in [6.45, 7) is 14.2. The van der Waals surface area contributed by atoms with Crippen LogP contribution in [0.2, 0.25) is 0 Å². The summed E-state index contributed by atoms with van der Waals surface area (Å²) in [5, 5.41) is 0. The van der Waals surface area contributed by atoms with Gasteiger partial charge < -0.3 is 0 Å². The summed E-state index contributed by atoms with van der Waals surface area (Å²) in [4.78, 5) is 0. The highest BCUT2D eigenvalue weighted by Gasteiger charge is 2.40. The van der Waals surface area contributed by atoms with Gasteiger partial charge in [0.2, 0.25) is 0 Å². The van der Waals surface area contributed by atoms with Gasteiger partial charge >= 0.3 is 0 Å². The average molecular weight is 349 g/mol. The molecular formula is C25H48. The van der Waals surface area contributed by atoms with Crippen molar-refractivity contribution in [3.05, 3.63) is 11.6 Å². The van der Waals surface area contributed by atoms with Gasteiger partial charge in [-0.1, -0.05) is 104 Å². The molecule has 0 aromatic heterocycles. The lowest BCUT2D eigenvalue weighted by molar-refractivity contribution is 0.234. The molecule has 1 aliphatic carbocycles. The second-order valence-electron chi connectivity index (χ2n) is 10.2. The minimum absolute atomic E-state index is 0.576. The van der Waals surface area contributed by atoms with E-state index in [1.165, 1.54) is 89.0 Å². The average Bonchev–Trinajstić information content (AvgIpc) is 2.78. The Morgan fingerprint density at radius 3 is 1.96 bits per heavy atom. The van der Waals surface area contributed by atoms with E-state index in [1.54, 1.807) is 0 Å². The zero-order valence-corrected chi connectivity index (χ0v) is 18.5. The molecule has 1 aliphatic rings. The van der Waals surface area contributed by atoms with Gasteiger partial charge in [0.25, 0.3) is 0 Å². The molecule has 1 saturated carbocycles. The quantitative estimate of drug-likeness (QED) is 0.230. The van der Waals surface area contributed by atoms with Crippen molar-refractivity contribution < 1.29 is 0 Å². The molecule has 0 aromatic rings. The molecule has 0 radical (unpaired) electrons. The topological polar surface area (TPSA) is 0 Å². The van der Waals surface area contributed by atoms with Crippen LogP contribution in [0.4, 0.5) is 0 Å². The predicted molar refractivity (Wildman–Crippen MR) is 115 cm³/mol. The second-order valence-corrected chi connectivity index (χ2v) is 10.2. The Bertz CT molecular complexity index is 360. The van der Waals surface area contributed by atoms with Crippen molar-refractivity contribution in [2.45, 2.75) is 125 Å². The normalized spacial score (nSPS) is 26.4. The first-order chi connectivity index (χ1) is 11.8. The number of unbranched alkanes of at least 4 members (excludes halogenated alkanes) is 8. The molecule has 0 nitrogen and oxygen atoms in total. The molecule has 3 unspecified atom stereocenters. The molecule has 1 fully saturated rings. The summed E-state index contributed by atoms with van der Waals surface area (Å²) in [5.41, 5.74) is 2.09. The Balaban J connectivity index is 2.06. The smallest absolute Gasteiger partial charge is 0.0174 e.